The van der Waals surface area contributed by atoms with Crippen molar-refractivity contribution in [1.29, 1.82) is 0 Å². The van der Waals surface area contributed by atoms with E-state index in [0.717, 1.165) is 22.9 Å². The Kier molecular flexibility index (Phi) is 5.77. The summed E-state index contributed by atoms with van der Waals surface area (Å²) in [6.07, 6.45) is 11.3. The molecule has 4 rings (SSSR count). The minimum Gasteiger partial charge on any atom is -0.340 e. The van der Waals surface area contributed by atoms with Gasteiger partial charge in [0.2, 0.25) is 10.0 Å². The number of benzene rings is 2. The number of rotatable bonds is 7. The third-order valence-corrected chi connectivity index (χ3v) is 5.48. The summed E-state index contributed by atoms with van der Waals surface area (Å²) in [4.78, 5) is 21.4. The highest BCUT2D eigenvalue weighted by Crippen LogP contribution is 2.25. The maximum Gasteiger partial charge on any atom is 0.332 e. The van der Waals surface area contributed by atoms with Crippen LogP contribution in [-0.4, -0.2) is 40.3 Å². The molecule has 0 spiro atoms. The van der Waals surface area contributed by atoms with E-state index in [0.29, 0.717) is 17.0 Å². The fourth-order valence-corrected chi connectivity index (χ4v) is 3.71. The summed E-state index contributed by atoms with van der Waals surface area (Å²) < 4.78 is 27.7. The minimum absolute atomic E-state index is 0.124. The van der Waals surface area contributed by atoms with E-state index in [9.17, 15) is 13.2 Å². The van der Waals surface area contributed by atoms with Gasteiger partial charge < -0.3 is 5.32 Å². The predicted molar refractivity (Wildman–Crippen MR) is 124 cm³/mol. The number of fused-ring (bicyclic) bond motifs is 1. The molecule has 4 aromatic rings. The minimum atomic E-state index is -3.32. The third kappa shape index (κ3) is 4.69. The molecule has 162 valence electrons. The summed E-state index contributed by atoms with van der Waals surface area (Å²) in [6, 6.07) is 12.8. The number of hydrogen-bond donors (Lipinski definition) is 2. The number of imidazole rings is 1. The van der Waals surface area contributed by atoms with Gasteiger partial charge in [-0.1, -0.05) is 12.0 Å². The Morgan fingerprint density at radius 2 is 1.97 bits per heavy atom. The lowest BCUT2D eigenvalue weighted by molar-refractivity contribution is 0.575. The molecule has 0 radical (unpaired) electrons. The molecule has 0 aliphatic carbocycles. The van der Waals surface area contributed by atoms with E-state index in [4.69, 9.17) is 6.42 Å². The van der Waals surface area contributed by atoms with Gasteiger partial charge in [0.25, 0.3) is 0 Å². The highest BCUT2D eigenvalue weighted by molar-refractivity contribution is 7.88. The zero-order valence-corrected chi connectivity index (χ0v) is 18.0. The first-order chi connectivity index (χ1) is 15.3. The van der Waals surface area contributed by atoms with E-state index in [1.54, 1.807) is 18.5 Å². The van der Waals surface area contributed by atoms with Crippen molar-refractivity contribution in [2.45, 2.75) is 6.54 Å². The molecule has 0 aliphatic heterocycles. The number of nitrogens with one attached hydrogen (secondary N) is 2. The lowest BCUT2D eigenvalue weighted by Gasteiger charge is -2.10. The molecule has 0 saturated heterocycles. The summed E-state index contributed by atoms with van der Waals surface area (Å²) in [5, 5.41) is 3.99. The van der Waals surface area contributed by atoms with Crippen LogP contribution in [0.1, 0.15) is 5.56 Å². The van der Waals surface area contributed by atoms with Gasteiger partial charge in [0.15, 0.2) is 0 Å². The standard InChI is InChI=1S/C22H20N6O3S/c1-3-16-5-4-6-17(13-16)26-21-19-14-18(7-8-20(19)23-15-24-21)28-12-11-27(22(28)29)10-9-25-32(2,30)31/h1,4-8,11-15,25H,9-10H2,2H3,(H,23,24,26). The molecular weight excluding hydrogens is 428 g/mol. The van der Waals surface area contributed by atoms with Gasteiger partial charge in [0.05, 0.1) is 17.5 Å². The van der Waals surface area contributed by atoms with Crippen LogP contribution in [0.15, 0.2) is 66.0 Å². The van der Waals surface area contributed by atoms with Crippen LogP contribution in [0.5, 0.6) is 0 Å². The van der Waals surface area contributed by atoms with Crippen molar-refractivity contribution in [3.8, 4) is 18.0 Å². The highest BCUT2D eigenvalue weighted by atomic mass is 32.2. The maximum atomic E-state index is 12.8. The monoisotopic (exact) mass is 448 g/mol. The van der Waals surface area contributed by atoms with Crippen LogP contribution in [0.2, 0.25) is 0 Å². The smallest absolute Gasteiger partial charge is 0.332 e. The molecule has 0 unspecified atom stereocenters. The normalized spacial score (nSPS) is 11.4. The van der Waals surface area contributed by atoms with Gasteiger partial charge >= 0.3 is 5.69 Å². The Labute approximate surface area is 184 Å². The largest absolute Gasteiger partial charge is 0.340 e. The van der Waals surface area contributed by atoms with Crippen molar-refractivity contribution >= 4 is 32.4 Å². The van der Waals surface area contributed by atoms with Gasteiger partial charge in [0, 0.05) is 42.1 Å². The Hall–Kier alpha value is -3.94. The molecular formula is C22H20N6O3S. The van der Waals surface area contributed by atoms with E-state index < -0.39 is 10.0 Å². The number of hydrogen-bond acceptors (Lipinski definition) is 6. The highest BCUT2D eigenvalue weighted by Gasteiger charge is 2.10. The predicted octanol–water partition coefficient (Wildman–Crippen LogP) is 1.86. The lowest BCUT2D eigenvalue weighted by atomic mass is 10.2. The Morgan fingerprint density at radius 1 is 1.12 bits per heavy atom. The zero-order valence-electron chi connectivity index (χ0n) is 17.2. The van der Waals surface area contributed by atoms with Gasteiger partial charge in [-0.3, -0.25) is 9.13 Å². The van der Waals surface area contributed by atoms with Crippen LogP contribution in [0.4, 0.5) is 11.5 Å². The molecule has 0 bridgehead atoms. The first-order valence-electron chi connectivity index (χ1n) is 9.65. The first kappa shape index (κ1) is 21.3. The molecule has 2 N–H and O–H groups in total. The maximum absolute atomic E-state index is 12.8. The SMILES string of the molecule is C#Cc1cccc(Nc2ncnc3ccc(-n4ccn(CCNS(C)(=O)=O)c4=O)cc23)c1. The van der Waals surface area contributed by atoms with Gasteiger partial charge in [-0.15, -0.1) is 6.42 Å². The van der Waals surface area contributed by atoms with Crippen LogP contribution in [0.3, 0.4) is 0 Å². The first-order valence-corrected chi connectivity index (χ1v) is 11.5. The molecule has 0 fully saturated rings. The number of terminal acetylenes is 1. The Bertz CT molecular complexity index is 1500. The molecule has 10 heteroatoms. The van der Waals surface area contributed by atoms with Gasteiger partial charge in [-0.05, 0) is 36.4 Å². The molecule has 2 aromatic heterocycles. The van der Waals surface area contributed by atoms with Crippen molar-refractivity contribution < 1.29 is 8.42 Å². The molecule has 0 aliphatic rings. The summed E-state index contributed by atoms with van der Waals surface area (Å²) in [7, 11) is -3.32. The van der Waals surface area contributed by atoms with Crippen LogP contribution >= 0.6 is 0 Å². The average molecular weight is 449 g/mol. The van der Waals surface area contributed by atoms with Gasteiger partial charge in [-0.2, -0.15) is 0 Å². The van der Waals surface area contributed by atoms with Crippen molar-refractivity contribution in [2.75, 3.05) is 18.1 Å². The van der Waals surface area contributed by atoms with E-state index in [1.807, 2.05) is 36.4 Å². The summed E-state index contributed by atoms with van der Waals surface area (Å²) in [6.45, 7) is 0.340. The van der Waals surface area contributed by atoms with E-state index in [-0.39, 0.29) is 18.8 Å². The fourth-order valence-electron chi connectivity index (χ4n) is 3.25. The lowest BCUT2D eigenvalue weighted by Crippen LogP contribution is -2.30. The molecule has 9 nitrogen and oxygen atoms in total. The quantitative estimate of drug-likeness (QED) is 0.418. The average Bonchev–Trinajstić information content (AvgIpc) is 3.13. The second-order valence-corrected chi connectivity index (χ2v) is 8.92. The topological polar surface area (TPSA) is 111 Å². The molecule has 32 heavy (non-hydrogen) atoms. The molecule has 0 atom stereocenters. The van der Waals surface area contributed by atoms with Crippen LogP contribution in [-0.2, 0) is 16.6 Å². The summed E-state index contributed by atoms with van der Waals surface area (Å²) in [5.41, 5.74) is 2.59. The third-order valence-electron chi connectivity index (χ3n) is 4.75. The number of sulfonamides is 1. The van der Waals surface area contributed by atoms with E-state index in [1.165, 1.54) is 15.5 Å². The Morgan fingerprint density at radius 3 is 2.75 bits per heavy atom. The molecule has 2 aromatic carbocycles. The van der Waals surface area contributed by atoms with E-state index >= 15 is 0 Å². The van der Waals surface area contributed by atoms with Crippen molar-refractivity contribution in [3.63, 3.8) is 0 Å². The van der Waals surface area contributed by atoms with Gasteiger partial charge in [0.1, 0.15) is 12.1 Å². The van der Waals surface area contributed by atoms with E-state index in [2.05, 4.69) is 25.9 Å². The molecule has 2 heterocycles. The van der Waals surface area contributed by atoms with Crippen LogP contribution < -0.4 is 15.7 Å². The van der Waals surface area contributed by atoms with Crippen molar-refractivity contribution in [3.05, 3.63) is 77.2 Å². The summed E-state index contributed by atoms with van der Waals surface area (Å²) >= 11 is 0. The van der Waals surface area contributed by atoms with Crippen molar-refractivity contribution in [1.82, 2.24) is 23.8 Å². The zero-order chi connectivity index (χ0) is 22.7. The van der Waals surface area contributed by atoms with Crippen LogP contribution in [0, 0.1) is 12.3 Å². The van der Waals surface area contributed by atoms with Gasteiger partial charge in [-0.25, -0.2) is 27.9 Å². The Balaban J connectivity index is 1.66. The number of aromatic nitrogens is 4. The molecule has 0 saturated carbocycles. The van der Waals surface area contributed by atoms with Crippen molar-refractivity contribution in [2.24, 2.45) is 0 Å². The fraction of sp³-hybridized carbons (Fsp3) is 0.136. The molecule has 0 amide bonds. The summed E-state index contributed by atoms with van der Waals surface area (Å²) in [5.74, 6) is 3.18. The number of anilines is 2. The van der Waals surface area contributed by atoms with Crippen LogP contribution in [0.25, 0.3) is 16.6 Å². The number of nitrogens with zero attached hydrogens (tertiary/aromatic N) is 4. The second-order valence-electron chi connectivity index (χ2n) is 7.08. The second kappa shape index (κ2) is 8.66.